The number of amides is 1. The van der Waals surface area contributed by atoms with Crippen LogP contribution in [0.1, 0.15) is 24.5 Å². The van der Waals surface area contributed by atoms with Crippen LogP contribution in [0, 0.1) is 12.3 Å². The fourth-order valence-corrected chi connectivity index (χ4v) is 5.51. The zero-order valence-corrected chi connectivity index (χ0v) is 22.2. The molecule has 2 aliphatic heterocycles. The van der Waals surface area contributed by atoms with Gasteiger partial charge in [-0.2, -0.15) is 10.0 Å². The standard InChI is InChI=1S/C25H26N4O6S2/c1-4-37(31,32)25-28-29-22(26)19(23(30)27-24(29)36-25)14-17-8-11-20(21(15-17)33-3)35-13-5-12-34-18-9-6-16(2)7-10-18/h6-11,14-15,26H,4-5,12-13H2,1-3H3/b19-14+,26-22?. The number of hydrogen-bond donors (Lipinski definition) is 1. The maximum Gasteiger partial charge on any atom is 0.283 e. The molecule has 2 heterocycles. The number of ether oxygens (including phenoxy) is 3. The second kappa shape index (κ2) is 11.2. The molecule has 12 heteroatoms. The van der Waals surface area contributed by atoms with E-state index in [-0.39, 0.29) is 26.7 Å². The number of aryl methyl sites for hydroxylation is 1. The van der Waals surface area contributed by atoms with Crippen LogP contribution >= 0.6 is 11.8 Å². The molecule has 1 amide bonds. The average molecular weight is 543 g/mol. The molecule has 0 atom stereocenters. The molecule has 2 aromatic carbocycles. The van der Waals surface area contributed by atoms with Gasteiger partial charge in [-0.3, -0.25) is 10.2 Å². The van der Waals surface area contributed by atoms with Crippen molar-refractivity contribution in [1.82, 2.24) is 5.01 Å². The molecular formula is C25H26N4O6S2. The zero-order valence-electron chi connectivity index (χ0n) is 20.6. The molecule has 0 saturated carbocycles. The van der Waals surface area contributed by atoms with Crippen LogP contribution in [0.5, 0.6) is 17.2 Å². The zero-order chi connectivity index (χ0) is 26.6. The number of hydrogen-bond acceptors (Lipinski definition) is 9. The Hall–Kier alpha value is -3.64. The first-order valence-electron chi connectivity index (χ1n) is 11.4. The number of benzene rings is 2. The number of carbonyl (C=O) groups is 1. The first kappa shape index (κ1) is 26.4. The van der Waals surface area contributed by atoms with Gasteiger partial charge in [0.15, 0.2) is 17.3 Å². The Bertz CT molecular complexity index is 1420. The predicted octanol–water partition coefficient (Wildman–Crippen LogP) is 3.86. The van der Waals surface area contributed by atoms with Crippen LogP contribution in [0.2, 0.25) is 0 Å². The van der Waals surface area contributed by atoms with Crippen LogP contribution in [0.25, 0.3) is 6.08 Å². The number of hydrazone groups is 1. The molecule has 2 aliphatic rings. The van der Waals surface area contributed by atoms with Gasteiger partial charge in [0, 0.05) is 6.42 Å². The van der Waals surface area contributed by atoms with Crippen molar-refractivity contribution in [1.29, 1.82) is 5.41 Å². The number of carbonyl (C=O) groups excluding carboxylic acids is 1. The summed E-state index contributed by atoms with van der Waals surface area (Å²) in [6.07, 6.45) is 2.15. The van der Waals surface area contributed by atoms with Crippen molar-refractivity contribution in [2.45, 2.75) is 20.3 Å². The van der Waals surface area contributed by atoms with E-state index in [1.807, 2.05) is 31.2 Å². The molecule has 0 fully saturated rings. The van der Waals surface area contributed by atoms with Crippen molar-refractivity contribution in [3.8, 4) is 17.2 Å². The summed E-state index contributed by atoms with van der Waals surface area (Å²) in [7, 11) is -2.08. The van der Waals surface area contributed by atoms with Crippen molar-refractivity contribution in [3.05, 3.63) is 59.2 Å². The topological polar surface area (TPSA) is 131 Å². The third-order valence-corrected chi connectivity index (χ3v) is 8.51. The number of nitrogens with one attached hydrogen (secondary N) is 1. The predicted molar refractivity (Wildman–Crippen MR) is 144 cm³/mol. The van der Waals surface area contributed by atoms with Gasteiger partial charge in [-0.1, -0.05) is 30.7 Å². The smallest absolute Gasteiger partial charge is 0.283 e. The fourth-order valence-electron chi connectivity index (χ4n) is 3.35. The minimum Gasteiger partial charge on any atom is -0.493 e. The Kier molecular flexibility index (Phi) is 7.98. The van der Waals surface area contributed by atoms with Crippen LogP contribution in [-0.2, 0) is 14.6 Å². The first-order chi connectivity index (χ1) is 17.7. The molecule has 0 unspecified atom stereocenters. The summed E-state index contributed by atoms with van der Waals surface area (Å²) in [5.74, 6) is 0.747. The normalized spacial score (nSPS) is 16.4. The van der Waals surface area contributed by atoms with Gasteiger partial charge in [-0.25, -0.2) is 8.42 Å². The molecule has 0 radical (unpaired) electrons. The van der Waals surface area contributed by atoms with Gasteiger partial charge in [-0.05, 0) is 54.6 Å². The number of amidine groups is 2. The average Bonchev–Trinajstić information content (AvgIpc) is 3.33. The number of methoxy groups -OCH3 is 1. The summed E-state index contributed by atoms with van der Waals surface area (Å²) in [5.41, 5.74) is 1.73. The lowest BCUT2D eigenvalue weighted by Gasteiger charge is -2.20. The number of thioether (sulfide) groups is 1. The molecule has 0 aliphatic carbocycles. The largest absolute Gasteiger partial charge is 0.493 e. The van der Waals surface area contributed by atoms with Gasteiger partial charge in [0.05, 0.1) is 31.6 Å². The summed E-state index contributed by atoms with van der Waals surface area (Å²) < 4.78 is 41.1. The number of sulfone groups is 1. The van der Waals surface area contributed by atoms with E-state index in [1.165, 1.54) is 25.7 Å². The van der Waals surface area contributed by atoms with Gasteiger partial charge in [0.2, 0.25) is 19.4 Å². The lowest BCUT2D eigenvalue weighted by molar-refractivity contribution is -0.114. The molecule has 194 valence electrons. The van der Waals surface area contributed by atoms with Gasteiger partial charge < -0.3 is 14.2 Å². The first-order valence-corrected chi connectivity index (χ1v) is 13.9. The number of nitrogens with zero attached hydrogens (tertiary/aromatic N) is 3. The second-order valence-corrected chi connectivity index (χ2v) is 11.5. The highest BCUT2D eigenvalue weighted by atomic mass is 32.3. The van der Waals surface area contributed by atoms with E-state index in [2.05, 4.69) is 10.1 Å². The van der Waals surface area contributed by atoms with Crippen LogP contribution in [0.3, 0.4) is 0 Å². The van der Waals surface area contributed by atoms with E-state index < -0.39 is 15.7 Å². The van der Waals surface area contributed by atoms with Crippen molar-refractivity contribution >= 4 is 49.0 Å². The summed E-state index contributed by atoms with van der Waals surface area (Å²) in [4.78, 5) is 16.5. The van der Waals surface area contributed by atoms with E-state index in [0.29, 0.717) is 36.7 Å². The van der Waals surface area contributed by atoms with Crippen molar-refractivity contribution in [2.24, 2.45) is 10.1 Å². The van der Waals surface area contributed by atoms with Crippen molar-refractivity contribution in [2.75, 3.05) is 26.1 Å². The number of rotatable bonds is 9. The van der Waals surface area contributed by atoms with E-state index in [9.17, 15) is 13.2 Å². The van der Waals surface area contributed by atoms with Crippen LogP contribution in [0.15, 0.2) is 58.1 Å². The molecule has 4 rings (SSSR count). The molecule has 2 aromatic rings. The minimum atomic E-state index is -3.59. The minimum absolute atomic E-state index is 0.0211. The Labute approximate surface area is 219 Å². The summed E-state index contributed by atoms with van der Waals surface area (Å²) >= 11 is 0.764. The highest BCUT2D eigenvalue weighted by Gasteiger charge is 2.39. The summed E-state index contributed by atoms with van der Waals surface area (Å²) in [6, 6.07) is 13.0. The van der Waals surface area contributed by atoms with Gasteiger partial charge in [0.25, 0.3) is 5.91 Å². The van der Waals surface area contributed by atoms with Crippen LogP contribution < -0.4 is 14.2 Å². The molecule has 1 N–H and O–H groups in total. The quantitative estimate of drug-likeness (QED) is 0.373. The number of fused-ring (bicyclic) bond motifs is 1. The Morgan fingerprint density at radius 2 is 1.81 bits per heavy atom. The number of aliphatic imine (C=N–C) groups is 1. The van der Waals surface area contributed by atoms with E-state index in [4.69, 9.17) is 19.6 Å². The van der Waals surface area contributed by atoms with Crippen molar-refractivity contribution in [3.63, 3.8) is 0 Å². The Balaban J connectivity index is 1.42. The molecule has 0 aromatic heterocycles. The Morgan fingerprint density at radius 1 is 1.08 bits per heavy atom. The highest BCUT2D eigenvalue weighted by molar-refractivity contribution is 8.42. The van der Waals surface area contributed by atoms with E-state index in [0.717, 1.165) is 22.5 Å². The summed E-state index contributed by atoms with van der Waals surface area (Å²) in [6.45, 7) is 4.43. The molecule has 37 heavy (non-hydrogen) atoms. The maximum atomic E-state index is 12.6. The van der Waals surface area contributed by atoms with Gasteiger partial charge in [-0.15, -0.1) is 5.10 Å². The molecule has 0 bridgehead atoms. The monoisotopic (exact) mass is 542 g/mol. The maximum absolute atomic E-state index is 12.6. The Morgan fingerprint density at radius 3 is 2.51 bits per heavy atom. The molecule has 0 spiro atoms. The molecular weight excluding hydrogens is 516 g/mol. The van der Waals surface area contributed by atoms with Crippen molar-refractivity contribution < 1.29 is 27.4 Å². The lowest BCUT2D eigenvalue weighted by atomic mass is 10.1. The van der Waals surface area contributed by atoms with Gasteiger partial charge >= 0.3 is 0 Å². The second-order valence-electron chi connectivity index (χ2n) is 8.06. The molecule has 0 saturated heterocycles. The third-order valence-electron chi connectivity index (χ3n) is 5.42. The molecule has 10 nitrogen and oxygen atoms in total. The van der Waals surface area contributed by atoms with Crippen LogP contribution in [0.4, 0.5) is 0 Å². The van der Waals surface area contributed by atoms with Gasteiger partial charge in [0.1, 0.15) is 5.75 Å². The van der Waals surface area contributed by atoms with E-state index >= 15 is 0 Å². The van der Waals surface area contributed by atoms with Crippen LogP contribution in [-0.4, -0.2) is 60.8 Å². The summed E-state index contributed by atoms with van der Waals surface area (Å²) in [5, 5.41) is 13.5. The lowest BCUT2D eigenvalue weighted by Crippen LogP contribution is -2.35. The highest BCUT2D eigenvalue weighted by Crippen LogP contribution is 2.32. The fraction of sp³-hybridized carbons (Fsp3) is 0.280. The van der Waals surface area contributed by atoms with E-state index in [1.54, 1.807) is 18.2 Å². The third kappa shape index (κ3) is 6.03. The SMILES string of the molecule is CCS(=O)(=O)C1=NN2C(=N)/C(=C\c3ccc(OCCCOc4ccc(C)cc4)c(OC)c3)C(=O)N=C2S1.